The van der Waals surface area contributed by atoms with E-state index in [1.54, 1.807) is 12.1 Å². The molecule has 3 heteroatoms. The number of rotatable bonds is 4. The minimum absolute atomic E-state index is 0.204. The Balaban J connectivity index is 1.85. The van der Waals surface area contributed by atoms with Crippen molar-refractivity contribution in [2.45, 2.75) is 63.6 Å². The van der Waals surface area contributed by atoms with Crippen LogP contribution in [0.2, 0.25) is 0 Å². The lowest BCUT2D eigenvalue weighted by Crippen LogP contribution is -2.44. The summed E-state index contributed by atoms with van der Waals surface area (Å²) in [4.78, 5) is 0. The molecule has 1 saturated carbocycles. The van der Waals surface area contributed by atoms with Gasteiger partial charge in [0, 0.05) is 12.1 Å². The molecule has 1 aromatic rings. The van der Waals surface area contributed by atoms with E-state index in [0.717, 1.165) is 25.7 Å². The molecule has 0 spiro atoms. The molecule has 1 aliphatic rings. The van der Waals surface area contributed by atoms with Crippen LogP contribution in [0.5, 0.6) is 5.75 Å². The summed E-state index contributed by atoms with van der Waals surface area (Å²) in [6, 6.07) is 7.93. The van der Waals surface area contributed by atoms with Crippen LogP contribution in [-0.2, 0) is 6.42 Å². The molecule has 19 heavy (non-hydrogen) atoms. The Kier molecular flexibility index (Phi) is 5.23. The molecule has 0 aromatic heterocycles. The predicted molar refractivity (Wildman–Crippen MR) is 77.3 cm³/mol. The van der Waals surface area contributed by atoms with Gasteiger partial charge >= 0.3 is 0 Å². The van der Waals surface area contributed by atoms with E-state index in [0.29, 0.717) is 11.8 Å². The Morgan fingerprint density at radius 3 is 2.58 bits per heavy atom. The number of benzene rings is 1. The maximum atomic E-state index is 10.1. The van der Waals surface area contributed by atoms with Crippen molar-refractivity contribution in [2.24, 2.45) is 0 Å². The first-order valence-electron chi connectivity index (χ1n) is 7.37. The lowest BCUT2D eigenvalue weighted by atomic mass is 10.0. The van der Waals surface area contributed by atoms with Crippen molar-refractivity contribution < 1.29 is 10.2 Å². The van der Waals surface area contributed by atoms with Crippen LogP contribution in [0, 0.1) is 0 Å². The topological polar surface area (TPSA) is 52.5 Å². The highest BCUT2D eigenvalue weighted by Gasteiger charge is 2.22. The van der Waals surface area contributed by atoms with E-state index in [-0.39, 0.29) is 12.1 Å². The van der Waals surface area contributed by atoms with Crippen molar-refractivity contribution >= 4 is 0 Å². The molecule has 0 amide bonds. The summed E-state index contributed by atoms with van der Waals surface area (Å²) in [5.41, 5.74) is 1.21. The normalized spacial score (nSPS) is 25.8. The van der Waals surface area contributed by atoms with Gasteiger partial charge in [-0.2, -0.15) is 0 Å². The summed E-state index contributed by atoms with van der Waals surface area (Å²) < 4.78 is 0. The summed E-state index contributed by atoms with van der Waals surface area (Å²) >= 11 is 0. The van der Waals surface area contributed by atoms with Gasteiger partial charge in [0.05, 0.1) is 6.10 Å². The monoisotopic (exact) mass is 263 g/mol. The van der Waals surface area contributed by atoms with Crippen molar-refractivity contribution in [3.63, 3.8) is 0 Å². The number of hydrogen-bond donors (Lipinski definition) is 3. The zero-order chi connectivity index (χ0) is 13.7. The van der Waals surface area contributed by atoms with E-state index in [2.05, 4.69) is 12.2 Å². The largest absolute Gasteiger partial charge is 0.508 e. The Bertz CT molecular complexity index is 377. The third kappa shape index (κ3) is 4.51. The summed E-state index contributed by atoms with van der Waals surface area (Å²) in [5, 5.41) is 22.9. The first-order chi connectivity index (χ1) is 9.15. The molecule has 0 bridgehead atoms. The molecule has 3 nitrogen and oxygen atoms in total. The van der Waals surface area contributed by atoms with Crippen molar-refractivity contribution in [1.29, 1.82) is 0 Å². The second-order valence-corrected chi connectivity index (χ2v) is 5.75. The van der Waals surface area contributed by atoms with Gasteiger partial charge in [-0.25, -0.2) is 0 Å². The summed E-state index contributed by atoms with van der Waals surface area (Å²) in [7, 11) is 0. The SMILES string of the molecule is CC(Cc1ccc(O)cc1)NC1CCCCCC1O. The van der Waals surface area contributed by atoms with Gasteiger partial charge in [-0.3, -0.25) is 0 Å². The maximum absolute atomic E-state index is 10.1. The molecule has 3 atom stereocenters. The molecule has 0 radical (unpaired) electrons. The van der Waals surface area contributed by atoms with E-state index in [1.165, 1.54) is 18.4 Å². The Morgan fingerprint density at radius 1 is 1.16 bits per heavy atom. The van der Waals surface area contributed by atoms with Gasteiger partial charge in [0.2, 0.25) is 0 Å². The molecule has 1 aliphatic carbocycles. The molecule has 1 fully saturated rings. The third-order valence-corrected chi connectivity index (χ3v) is 3.96. The fraction of sp³-hybridized carbons (Fsp3) is 0.625. The van der Waals surface area contributed by atoms with Gasteiger partial charge in [-0.15, -0.1) is 0 Å². The zero-order valence-corrected chi connectivity index (χ0v) is 11.7. The van der Waals surface area contributed by atoms with Gasteiger partial charge < -0.3 is 15.5 Å². The van der Waals surface area contributed by atoms with Gasteiger partial charge in [-0.1, -0.05) is 31.4 Å². The minimum Gasteiger partial charge on any atom is -0.508 e. The number of aromatic hydroxyl groups is 1. The van der Waals surface area contributed by atoms with E-state index in [4.69, 9.17) is 0 Å². The zero-order valence-electron chi connectivity index (χ0n) is 11.7. The molecule has 106 valence electrons. The number of phenolic OH excluding ortho intramolecular Hbond substituents is 1. The Hall–Kier alpha value is -1.06. The van der Waals surface area contributed by atoms with Crippen molar-refractivity contribution in [2.75, 3.05) is 0 Å². The number of nitrogens with one attached hydrogen (secondary N) is 1. The fourth-order valence-corrected chi connectivity index (χ4v) is 2.89. The van der Waals surface area contributed by atoms with Crippen molar-refractivity contribution in [3.8, 4) is 5.75 Å². The molecular formula is C16H25NO2. The van der Waals surface area contributed by atoms with E-state index >= 15 is 0 Å². The minimum atomic E-state index is -0.204. The molecule has 2 rings (SSSR count). The average Bonchev–Trinajstić information content (AvgIpc) is 2.58. The average molecular weight is 263 g/mol. The van der Waals surface area contributed by atoms with Crippen LogP contribution in [-0.4, -0.2) is 28.4 Å². The third-order valence-electron chi connectivity index (χ3n) is 3.96. The van der Waals surface area contributed by atoms with Gasteiger partial charge in [-0.05, 0) is 43.9 Å². The van der Waals surface area contributed by atoms with E-state index < -0.39 is 0 Å². The highest BCUT2D eigenvalue weighted by molar-refractivity contribution is 5.26. The van der Waals surface area contributed by atoms with E-state index in [1.807, 2.05) is 12.1 Å². The van der Waals surface area contributed by atoms with Gasteiger partial charge in [0.25, 0.3) is 0 Å². The Labute approximate surface area is 115 Å². The lowest BCUT2D eigenvalue weighted by Gasteiger charge is -2.26. The van der Waals surface area contributed by atoms with Crippen LogP contribution in [0.25, 0.3) is 0 Å². The van der Waals surface area contributed by atoms with Crippen molar-refractivity contribution in [3.05, 3.63) is 29.8 Å². The smallest absolute Gasteiger partial charge is 0.115 e. The van der Waals surface area contributed by atoms with Gasteiger partial charge in [0.1, 0.15) is 5.75 Å². The fourth-order valence-electron chi connectivity index (χ4n) is 2.89. The summed E-state index contributed by atoms with van der Waals surface area (Å²) in [6.45, 7) is 2.16. The van der Waals surface area contributed by atoms with Crippen LogP contribution < -0.4 is 5.32 Å². The molecular weight excluding hydrogens is 238 g/mol. The molecule has 0 aliphatic heterocycles. The molecule has 3 unspecified atom stereocenters. The molecule has 0 saturated heterocycles. The molecule has 0 heterocycles. The number of phenols is 1. The lowest BCUT2D eigenvalue weighted by molar-refractivity contribution is 0.114. The Morgan fingerprint density at radius 2 is 1.84 bits per heavy atom. The molecule has 3 N–H and O–H groups in total. The van der Waals surface area contributed by atoms with Crippen molar-refractivity contribution in [1.82, 2.24) is 5.32 Å². The van der Waals surface area contributed by atoms with Crippen LogP contribution in [0.15, 0.2) is 24.3 Å². The van der Waals surface area contributed by atoms with Crippen LogP contribution in [0.3, 0.4) is 0 Å². The van der Waals surface area contributed by atoms with Gasteiger partial charge in [0.15, 0.2) is 0 Å². The number of aliphatic hydroxyl groups is 1. The van der Waals surface area contributed by atoms with Crippen LogP contribution in [0.1, 0.15) is 44.6 Å². The first kappa shape index (κ1) is 14.4. The highest BCUT2D eigenvalue weighted by Crippen LogP contribution is 2.19. The van der Waals surface area contributed by atoms with E-state index in [9.17, 15) is 10.2 Å². The predicted octanol–water partition coefficient (Wildman–Crippen LogP) is 2.61. The second kappa shape index (κ2) is 6.92. The highest BCUT2D eigenvalue weighted by atomic mass is 16.3. The first-order valence-corrected chi connectivity index (χ1v) is 7.37. The second-order valence-electron chi connectivity index (χ2n) is 5.75. The van der Waals surface area contributed by atoms with Crippen LogP contribution >= 0.6 is 0 Å². The summed E-state index contributed by atoms with van der Waals surface area (Å²) in [6.07, 6.45) is 6.30. The summed E-state index contributed by atoms with van der Waals surface area (Å²) in [5.74, 6) is 0.309. The quantitative estimate of drug-likeness (QED) is 0.732. The van der Waals surface area contributed by atoms with Crippen LogP contribution in [0.4, 0.5) is 0 Å². The molecule has 1 aromatic carbocycles. The number of aliphatic hydroxyl groups excluding tert-OH is 1. The number of hydrogen-bond acceptors (Lipinski definition) is 3. The maximum Gasteiger partial charge on any atom is 0.115 e. The standard InChI is InChI=1S/C16H25NO2/c1-12(11-13-7-9-14(18)10-8-13)17-15-5-3-2-4-6-16(15)19/h7-10,12,15-19H,2-6,11H2,1H3.